The van der Waals surface area contributed by atoms with Crippen LogP contribution < -0.4 is 0 Å². The first-order valence-electron chi connectivity index (χ1n) is 10.2. The normalized spacial score (nSPS) is 29.6. The molecule has 1 aromatic rings. The van der Waals surface area contributed by atoms with Gasteiger partial charge in [0.05, 0.1) is 17.8 Å². The van der Waals surface area contributed by atoms with Crippen molar-refractivity contribution in [2.75, 3.05) is 0 Å². The fourth-order valence-corrected chi connectivity index (χ4v) is 5.44. The standard InChI is InChI=1S/C20H29N3O3/c1-13-16(12-21-23(13)15-8-3-2-4-9-15)19(24)22-17-10-6-5-7-14(17)11-18(22)20(25)26/h12,14-15,17-18H,2-11H2,1H3,(H,25,26). The fraction of sp³-hybridized carbons (Fsp3) is 0.750. The van der Waals surface area contributed by atoms with E-state index in [1.807, 2.05) is 11.6 Å². The molecule has 3 aliphatic rings. The van der Waals surface area contributed by atoms with Crippen molar-refractivity contribution in [2.24, 2.45) is 5.92 Å². The minimum absolute atomic E-state index is 0.0785. The van der Waals surface area contributed by atoms with E-state index in [1.54, 1.807) is 11.1 Å². The molecule has 26 heavy (non-hydrogen) atoms. The number of amides is 1. The van der Waals surface area contributed by atoms with E-state index in [0.29, 0.717) is 23.9 Å². The molecule has 6 heteroatoms. The summed E-state index contributed by atoms with van der Waals surface area (Å²) in [7, 11) is 0. The molecular weight excluding hydrogens is 330 g/mol. The van der Waals surface area contributed by atoms with Gasteiger partial charge in [0.25, 0.3) is 5.91 Å². The van der Waals surface area contributed by atoms with Gasteiger partial charge >= 0.3 is 5.97 Å². The van der Waals surface area contributed by atoms with Crippen molar-refractivity contribution >= 4 is 11.9 Å². The van der Waals surface area contributed by atoms with Crippen LogP contribution in [0.3, 0.4) is 0 Å². The smallest absolute Gasteiger partial charge is 0.326 e. The third kappa shape index (κ3) is 2.93. The number of hydrogen-bond acceptors (Lipinski definition) is 3. The third-order valence-corrected chi connectivity index (χ3v) is 6.80. The van der Waals surface area contributed by atoms with E-state index in [-0.39, 0.29) is 11.9 Å². The molecule has 1 aliphatic heterocycles. The third-order valence-electron chi connectivity index (χ3n) is 6.80. The molecule has 6 nitrogen and oxygen atoms in total. The Morgan fingerprint density at radius 1 is 1.08 bits per heavy atom. The lowest BCUT2D eigenvalue weighted by molar-refractivity contribution is -0.141. The summed E-state index contributed by atoms with van der Waals surface area (Å²) >= 11 is 0. The van der Waals surface area contributed by atoms with Crippen LogP contribution in [0.2, 0.25) is 0 Å². The maximum Gasteiger partial charge on any atom is 0.326 e. The van der Waals surface area contributed by atoms with E-state index in [4.69, 9.17) is 0 Å². The summed E-state index contributed by atoms with van der Waals surface area (Å²) in [5, 5.41) is 14.2. The molecule has 0 radical (unpaired) electrons. The second kappa shape index (κ2) is 7.05. The number of likely N-dealkylation sites (tertiary alicyclic amines) is 1. The average Bonchev–Trinajstić information content (AvgIpc) is 3.23. The first-order valence-corrected chi connectivity index (χ1v) is 10.2. The molecule has 3 unspecified atom stereocenters. The summed E-state index contributed by atoms with van der Waals surface area (Å²) in [5.41, 5.74) is 1.48. The predicted molar refractivity (Wildman–Crippen MR) is 97.0 cm³/mol. The highest BCUT2D eigenvalue weighted by atomic mass is 16.4. The minimum atomic E-state index is -0.870. The van der Waals surface area contributed by atoms with E-state index in [2.05, 4.69) is 5.10 Å². The quantitative estimate of drug-likeness (QED) is 0.895. The summed E-state index contributed by atoms with van der Waals surface area (Å²) in [5.74, 6) is -0.668. The molecule has 1 amide bonds. The monoisotopic (exact) mass is 359 g/mol. The summed E-state index contributed by atoms with van der Waals surface area (Å²) in [6.45, 7) is 1.96. The van der Waals surface area contributed by atoms with Gasteiger partial charge in [-0.15, -0.1) is 0 Å². The number of carboxylic acids is 1. The number of rotatable bonds is 3. The van der Waals surface area contributed by atoms with Crippen LogP contribution in [-0.4, -0.2) is 43.7 Å². The topological polar surface area (TPSA) is 75.4 Å². The maximum atomic E-state index is 13.3. The van der Waals surface area contributed by atoms with Crippen molar-refractivity contribution < 1.29 is 14.7 Å². The molecule has 1 N–H and O–H groups in total. The Morgan fingerprint density at radius 2 is 1.77 bits per heavy atom. The van der Waals surface area contributed by atoms with Crippen LogP contribution >= 0.6 is 0 Å². The van der Waals surface area contributed by atoms with Gasteiger partial charge in [0.2, 0.25) is 0 Å². The molecule has 3 atom stereocenters. The van der Waals surface area contributed by atoms with Gasteiger partial charge in [0.1, 0.15) is 6.04 Å². The highest BCUT2D eigenvalue weighted by Crippen LogP contribution is 2.41. The Hall–Kier alpha value is -1.85. The largest absolute Gasteiger partial charge is 0.480 e. The van der Waals surface area contributed by atoms with Crippen molar-refractivity contribution in [3.8, 4) is 0 Å². The molecule has 0 bridgehead atoms. The van der Waals surface area contributed by atoms with Gasteiger partial charge in [-0.25, -0.2) is 4.79 Å². The lowest BCUT2D eigenvalue weighted by atomic mass is 9.84. The van der Waals surface area contributed by atoms with Gasteiger partial charge in [-0.3, -0.25) is 9.48 Å². The van der Waals surface area contributed by atoms with Crippen LogP contribution in [0.25, 0.3) is 0 Å². The van der Waals surface area contributed by atoms with Crippen molar-refractivity contribution in [3.05, 3.63) is 17.5 Å². The minimum Gasteiger partial charge on any atom is -0.480 e. The van der Waals surface area contributed by atoms with E-state index < -0.39 is 12.0 Å². The molecule has 142 valence electrons. The lowest BCUT2D eigenvalue weighted by Gasteiger charge is -2.33. The zero-order valence-electron chi connectivity index (χ0n) is 15.6. The Morgan fingerprint density at radius 3 is 2.50 bits per heavy atom. The second-order valence-corrected chi connectivity index (χ2v) is 8.29. The van der Waals surface area contributed by atoms with E-state index in [9.17, 15) is 14.7 Å². The predicted octanol–water partition coefficient (Wildman–Crippen LogP) is 3.55. The number of aliphatic carboxylic acids is 1. The SMILES string of the molecule is Cc1c(C(=O)N2C(C(=O)O)CC3CCCCC32)cnn1C1CCCCC1. The van der Waals surface area contributed by atoms with Crippen LogP contribution in [0.5, 0.6) is 0 Å². The van der Waals surface area contributed by atoms with Crippen molar-refractivity contribution in [1.82, 2.24) is 14.7 Å². The van der Waals surface area contributed by atoms with E-state index in [0.717, 1.165) is 44.2 Å². The molecule has 0 spiro atoms. The van der Waals surface area contributed by atoms with Gasteiger partial charge in [-0.05, 0) is 44.9 Å². The van der Waals surface area contributed by atoms with Crippen molar-refractivity contribution in [3.63, 3.8) is 0 Å². The second-order valence-electron chi connectivity index (χ2n) is 8.29. The van der Waals surface area contributed by atoms with E-state index in [1.165, 1.54) is 19.3 Å². The van der Waals surface area contributed by atoms with E-state index >= 15 is 0 Å². The number of fused-ring (bicyclic) bond motifs is 1. The number of nitrogens with zero attached hydrogens (tertiary/aromatic N) is 3. The Labute approximate surface area is 154 Å². The summed E-state index contributed by atoms with van der Waals surface area (Å²) in [6.07, 6.45) is 12.4. The van der Waals surface area contributed by atoms with Gasteiger partial charge < -0.3 is 10.0 Å². The molecular formula is C20H29N3O3. The van der Waals surface area contributed by atoms with Gasteiger partial charge in [0, 0.05) is 11.7 Å². The molecule has 1 saturated heterocycles. The molecule has 0 aromatic carbocycles. The number of carbonyl (C=O) groups is 2. The number of aromatic nitrogens is 2. The van der Waals surface area contributed by atoms with Crippen molar-refractivity contribution in [1.29, 1.82) is 0 Å². The molecule has 4 rings (SSSR count). The average molecular weight is 359 g/mol. The van der Waals surface area contributed by atoms with Crippen LogP contribution in [0.4, 0.5) is 0 Å². The molecule has 2 saturated carbocycles. The summed E-state index contributed by atoms with van der Waals surface area (Å²) < 4.78 is 2.01. The first-order chi connectivity index (χ1) is 12.6. The van der Waals surface area contributed by atoms with Crippen LogP contribution in [0.15, 0.2) is 6.20 Å². The fourth-order valence-electron chi connectivity index (χ4n) is 5.44. The van der Waals surface area contributed by atoms with Crippen LogP contribution in [-0.2, 0) is 4.79 Å². The summed E-state index contributed by atoms with van der Waals surface area (Å²) in [6, 6.07) is -0.232. The maximum absolute atomic E-state index is 13.3. The Bertz CT molecular complexity index is 692. The highest BCUT2D eigenvalue weighted by molar-refractivity contribution is 5.98. The number of hydrogen-bond donors (Lipinski definition) is 1. The molecule has 1 aromatic heterocycles. The zero-order chi connectivity index (χ0) is 18.3. The molecule has 3 fully saturated rings. The Balaban J connectivity index is 1.61. The lowest BCUT2D eigenvalue weighted by Crippen LogP contribution is -2.46. The van der Waals surface area contributed by atoms with Crippen molar-refractivity contribution in [2.45, 2.75) is 89.3 Å². The zero-order valence-corrected chi connectivity index (χ0v) is 15.6. The molecule has 2 heterocycles. The van der Waals surface area contributed by atoms with Gasteiger partial charge in [-0.1, -0.05) is 32.1 Å². The molecule has 2 aliphatic carbocycles. The van der Waals surface area contributed by atoms with Gasteiger partial charge in [-0.2, -0.15) is 5.10 Å². The van der Waals surface area contributed by atoms with Gasteiger partial charge in [0.15, 0.2) is 0 Å². The number of carbonyl (C=O) groups excluding carboxylic acids is 1. The van der Waals surface area contributed by atoms with Crippen LogP contribution in [0, 0.1) is 12.8 Å². The number of carboxylic acid groups (broad SMARTS) is 1. The first kappa shape index (κ1) is 17.6. The highest BCUT2D eigenvalue weighted by Gasteiger charge is 2.48. The summed E-state index contributed by atoms with van der Waals surface area (Å²) in [4.78, 5) is 26.8. The van der Waals surface area contributed by atoms with Crippen LogP contribution in [0.1, 0.15) is 86.3 Å². The Kier molecular flexibility index (Phi) is 4.76.